The average Bonchev–Trinajstić information content (AvgIpc) is 3.24. The molecule has 0 saturated heterocycles. The minimum Gasteiger partial charge on any atom is -0.440 e. The topological polar surface area (TPSA) is 55.1 Å². The van der Waals surface area contributed by atoms with Crippen LogP contribution in [0.5, 0.6) is 0 Å². The summed E-state index contributed by atoms with van der Waals surface area (Å²) in [6.45, 7) is 0. The molecule has 2 aliphatic carbocycles. The van der Waals surface area contributed by atoms with Crippen molar-refractivity contribution in [1.29, 1.82) is 0 Å². The van der Waals surface area contributed by atoms with Crippen molar-refractivity contribution in [3.05, 3.63) is 29.7 Å². The molecule has 1 aromatic heterocycles. The molecule has 1 heterocycles. The van der Waals surface area contributed by atoms with E-state index in [1.807, 2.05) is 18.2 Å². The number of benzene rings is 1. The van der Waals surface area contributed by atoms with E-state index in [0.717, 1.165) is 29.8 Å². The fraction of sp³-hybridized carbons (Fsp3) is 0.579. The maximum Gasteiger partial charge on any atom is 0.251 e. The third-order valence-electron chi connectivity index (χ3n) is 5.31. The number of nitrogens with zero attached hydrogens (tertiary/aromatic N) is 1. The van der Waals surface area contributed by atoms with Gasteiger partial charge >= 0.3 is 0 Å². The molecule has 23 heavy (non-hydrogen) atoms. The molecule has 2 saturated carbocycles. The van der Waals surface area contributed by atoms with Crippen molar-refractivity contribution in [2.75, 3.05) is 0 Å². The van der Waals surface area contributed by atoms with Gasteiger partial charge in [-0.3, -0.25) is 4.79 Å². The lowest BCUT2D eigenvalue weighted by Gasteiger charge is -2.17. The van der Waals surface area contributed by atoms with Crippen LogP contribution in [0.15, 0.2) is 22.6 Å². The first kappa shape index (κ1) is 14.7. The zero-order chi connectivity index (χ0) is 15.6. The summed E-state index contributed by atoms with van der Waals surface area (Å²) in [5.41, 5.74) is 2.28. The second kappa shape index (κ2) is 6.34. The zero-order valence-electron chi connectivity index (χ0n) is 13.5. The molecule has 2 aromatic rings. The highest BCUT2D eigenvalue weighted by atomic mass is 16.3. The van der Waals surface area contributed by atoms with E-state index < -0.39 is 0 Å². The Bertz CT molecular complexity index is 694. The van der Waals surface area contributed by atoms with Crippen molar-refractivity contribution in [2.45, 2.75) is 69.7 Å². The molecule has 0 unspecified atom stereocenters. The molecular formula is C19H24N2O2. The SMILES string of the molecule is O=C(NC1CCCC1)c1ccc2nc(C3CCCCC3)oc2c1. The molecule has 2 fully saturated rings. The van der Waals surface area contributed by atoms with Crippen molar-refractivity contribution in [1.82, 2.24) is 10.3 Å². The normalized spacial score (nSPS) is 20.2. The molecule has 1 aromatic carbocycles. The largest absolute Gasteiger partial charge is 0.440 e. The van der Waals surface area contributed by atoms with E-state index in [1.54, 1.807) is 0 Å². The predicted octanol–water partition coefficient (Wildman–Crippen LogP) is 4.55. The third kappa shape index (κ3) is 3.12. The summed E-state index contributed by atoms with van der Waals surface area (Å²) in [5, 5.41) is 3.13. The summed E-state index contributed by atoms with van der Waals surface area (Å²) < 4.78 is 5.98. The smallest absolute Gasteiger partial charge is 0.251 e. The quantitative estimate of drug-likeness (QED) is 0.904. The molecule has 2 aliphatic rings. The van der Waals surface area contributed by atoms with E-state index in [2.05, 4.69) is 10.3 Å². The average molecular weight is 312 g/mol. The van der Waals surface area contributed by atoms with Gasteiger partial charge in [-0.2, -0.15) is 0 Å². The van der Waals surface area contributed by atoms with Gasteiger partial charge in [-0.15, -0.1) is 0 Å². The van der Waals surface area contributed by atoms with Gasteiger partial charge in [0.25, 0.3) is 5.91 Å². The summed E-state index contributed by atoms with van der Waals surface area (Å²) in [4.78, 5) is 17.0. The number of nitrogens with one attached hydrogen (secondary N) is 1. The fourth-order valence-electron chi connectivity index (χ4n) is 3.95. The van der Waals surface area contributed by atoms with Crippen molar-refractivity contribution in [3.8, 4) is 0 Å². The molecule has 1 amide bonds. The number of hydrogen-bond donors (Lipinski definition) is 1. The van der Waals surface area contributed by atoms with Gasteiger partial charge in [0.05, 0.1) is 0 Å². The number of fused-ring (bicyclic) bond motifs is 1. The fourth-order valence-corrected chi connectivity index (χ4v) is 3.95. The first-order chi connectivity index (χ1) is 11.3. The molecule has 4 heteroatoms. The Balaban J connectivity index is 1.53. The summed E-state index contributed by atoms with van der Waals surface area (Å²) >= 11 is 0. The molecule has 0 aliphatic heterocycles. The van der Waals surface area contributed by atoms with Gasteiger partial charge in [0.2, 0.25) is 0 Å². The van der Waals surface area contributed by atoms with Crippen molar-refractivity contribution in [3.63, 3.8) is 0 Å². The van der Waals surface area contributed by atoms with E-state index in [1.165, 1.54) is 44.9 Å². The van der Waals surface area contributed by atoms with Gasteiger partial charge < -0.3 is 9.73 Å². The van der Waals surface area contributed by atoms with Crippen LogP contribution in [0, 0.1) is 0 Å². The molecule has 0 radical (unpaired) electrons. The van der Waals surface area contributed by atoms with E-state index >= 15 is 0 Å². The summed E-state index contributed by atoms with van der Waals surface area (Å²) in [6, 6.07) is 5.96. The summed E-state index contributed by atoms with van der Waals surface area (Å²) in [5.74, 6) is 1.31. The second-order valence-electron chi connectivity index (χ2n) is 7.02. The van der Waals surface area contributed by atoms with Crippen LogP contribution in [-0.4, -0.2) is 16.9 Å². The first-order valence-electron chi connectivity index (χ1n) is 9.01. The molecule has 0 spiro atoms. The van der Waals surface area contributed by atoms with E-state index in [9.17, 15) is 4.79 Å². The number of carbonyl (C=O) groups is 1. The van der Waals surface area contributed by atoms with Crippen LogP contribution in [0.1, 0.15) is 80.0 Å². The maximum absolute atomic E-state index is 12.4. The highest BCUT2D eigenvalue weighted by molar-refractivity contribution is 5.97. The third-order valence-corrected chi connectivity index (χ3v) is 5.31. The maximum atomic E-state index is 12.4. The number of aromatic nitrogens is 1. The lowest BCUT2D eigenvalue weighted by Crippen LogP contribution is -2.32. The Kier molecular flexibility index (Phi) is 4.06. The molecule has 0 bridgehead atoms. The zero-order valence-corrected chi connectivity index (χ0v) is 13.5. The standard InChI is InChI=1S/C19H24N2O2/c22-18(20-15-8-4-5-9-15)14-10-11-16-17(12-14)23-19(21-16)13-6-2-1-3-7-13/h10-13,15H,1-9H2,(H,20,22). The molecule has 1 N–H and O–H groups in total. The number of carbonyl (C=O) groups excluding carboxylic acids is 1. The van der Waals surface area contributed by atoms with Crippen molar-refractivity contribution >= 4 is 17.0 Å². The molecule has 0 atom stereocenters. The number of rotatable bonds is 3. The summed E-state index contributed by atoms with van der Waals surface area (Å²) in [6.07, 6.45) is 10.8. The molecule has 4 nitrogen and oxygen atoms in total. The monoisotopic (exact) mass is 312 g/mol. The minimum absolute atomic E-state index is 0.00872. The predicted molar refractivity (Wildman–Crippen MR) is 89.6 cm³/mol. The van der Waals surface area contributed by atoms with E-state index in [4.69, 9.17) is 4.42 Å². The lowest BCUT2D eigenvalue weighted by molar-refractivity contribution is 0.0938. The van der Waals surface area contributed by atoms with Crippen LogP contribution in [0.4, 0.5) is 0 Å². The summed E-state index contributed by atoms with van der Waals surface area (Å²) in [7, 11) is 0. The Morgan fingerprint density at radius 1 is 1.04 bits per heavy atom. The van der Waals surface area contributed by atoms with Crippen LogP contribution >= 0.6 is 0 Å². The highest BCUT2D eigenvalue weighted by Gasteiger charge is 2.22. The van der Waals surface area contributed by atoms with Crippen LogP contribution in [0.3, 0.4) is 0 Å². The van der Waals surface area contributed by atoms with E-state index in [-0.39, 0.29) is 5.91 Å². The molecule has 122 valence electrons. The minimum atomic E-state index is 0.00872. The van der Waals surface area contributed by atoms with Gasteiger partial charge in [-0.1, -0.05) is 32.1 Å². The Labute approximate surface area is 136 Å². The van der Waals surface area contributed by atoms with Crippen LogP contribution in [-0.2, 0) is 0 Å². The van der Waals surface area contributed by atoms with Crippen LogP contribution in [0.2, 0.25) is 0 Å². The van der Waals surface area contributed by atoms with Crippen LogP contribution in [0.25, 0.3) is 11.1 Å². The molecular weight excluding hydrogens is 288 g/mol. The van der Waals surface area contributed by atoms with Gasteiger partial charge in [0.15, 0.2) is 11.5 Å². The Hall–Kier alpha value is -1.84. The first-order valence-corrected chi connectivity index (χ1v) is 9.01. The van der Waals surface area contributed by atoms with Crippen LogP contribution < -0.4 is 5.32 Å². The Morgan fingerprint density at radius 3 is 2.57 bits per heavy atom. The van der Waals surface area contributed by atoms with Crippen molar-refractivity contribution < 1.29 is 9.21 Å². The Morgan fingerprint density at radius 2 is 1.78 bits per heavy atom. The lowest BCUT2D eigenvalue weighted by atomic mass is 9.89. The number of hydrogen-bond acceptors (Lipinski definition) is 3. The molecule has 4 rings (SSSR count). The second-order valence-corrected chi connectivity index (χ2v) is 7.02. The van der Waals surface area contributed by atoms with Gasteiger partial charge in [0.1, 0.15) is 5.52 Å². The van der Waals surface area contributed by atoms with E-state index in [0.29, 0.717) is 17.5 Å². The van der Waals surface area contributed by atoms with Gasteiger partial charge in [-0.25, -0.2) is 4.98 Å². The highest BCUT2D eigenvalue weighted by Crippen LogP contribution is 2.33. The van der Waals surface area contributed by atoms with Gasteiger partial charge in [-0.05, 0) is 43.9 Å². The number of amides is 1. The van der Waals surface area contributed by atoms with Crippen molar-refractivity contribution in [2.24, 2.45) is 0 Å². The number of oxazole rings is 1. The van der Waals surface area contributed by atoms with Gasteiger partial charge in [0, 0.05) is 17.5 Å².